The molecule has 1 N–H and O–H groups in total. The zero-order chi connectivity index (χ0) is 16.7. The zero-order valence-corrected chi connectivity index (χ0v) is 15.1. The average molecular weight is 376 g/mol. The van der Waals surface area contributed by atoms with Gasteiger partial charge in [-0.25, -0.2) is 4.98 Å². The number of benzene rings is 1. The maximum absolute atomic E-state index is 12.6. The minimum absolute atomic E-state index is 0.0633. The van der Waals surface area contributed by atoms with Crippen LogP contribution in [0.25, 0.3) is 0 Å². The third kappa shape index (κ3) is 5.06. The van der Waals surface area contributed by atoms with Crippen molar-refractivity contribution in [1.82, 2.24) is 9.88 Å². The second-order valence-corrected chi connectivity index (χ2v) is 6.27. The van der Waals surface area contributed by atoms with Crippen molar-refractivity contribution in [2.24, 2.45) is 0 Å². The average Bonchev–Trinajstić information content (AvgIpc) is 2.54. The quantitative estimate of drug-likeness (QED) is 0.751. The topological polar surface area (TPSA) is 45.2 Å². The molecule has 4 nitrogen and oxygen atoms in total. The van der Waals surface area contributed by atoms with Gasteiger partial charge in [0.05, 0.1) is 0 Å². The minimum atomic E-state index is 0.0633. The highest BCUT2D eigenvalue weighted by molar-refractivity contribution is 9.10. The highest BCUT2D eigenvalue weighted by atomic mass is 79.9. The first-order valence-corrected chi connectivity index (χ1v) is 8.71. The van der Waals surface area contributed by atoms with Gasteiger partial charge in [0.25, 0.3) is 5.91 Å². The molecule has 0 saturated carbocycles. The van der Waals surface area contributed by atoms with Crippen molar-refractivity contribution >= 4 is 33.3 Å². The molecule has 5 heteroatoms. The van der Waals surface area contributed by atoms with E-state index in [0.29, 0.717) is 11.4 Å². The van der Waals surface area contributed by atoms with Crippen LogP contribution in [0.3, 0.4) is 0 Å². The summed E-state index contributed by atoms with van der Waals surface area (Å²) in [7, 11) is 0. The van der Waals surface area contributed by atoms with Crippen molar-refractivity contribution in [1.29, 1.82) is 0 Å². The molecule has 0 fully saturated rings. The molecule has 0 bridgehead atoms. The Kier molecular flexibility index (Phi) is 6.59. The molecule has 1 amide bonds. The number of hydrogen-bond acceptors (Lipinski definition) is 3. The van der Waals surface area contributed by atoms with Crippen LogP contribution in [-0.4, -0.2) is 28.9 Å². The van der Waals surface area contributed by atoms with Gasteiger partial charge in [0, 0.05) is 35.0 Å². The third-order valence-corrected chi connectivity index (χ3v) is 3.87. The van der Waals surface area contributed by atoms with Crippen molar-refractivity contribution in [3.05, 3.63) is 52.6 Å². The number of rotatable bonds is 7. The van der Waals surface area contributed by atoms with Crippen LogP contribution in [0.1, 0.15) is 37.0 Å². The standard InChI is InChI=1S/C18H22BrN3O/c1-3-10-22(11-4-2)18(23)14-8-9-20-17(12-14)21-16-7-5-6-15(19)13-16/h5-9,12-13H,3-4,10-11H2,1-2H3,(H,20,21). The Hall–Kier alpha value is -1.88. The number of amides is 1. The van der Waals surface area contributed by atoms with E-state index in [-0.39, 0.29) is 5.91 Å². The fraction of sp³-hybridized carbons (Fsp3) is 0.333. The minimum Gasteiger partial charge on any atom is -0.340 e. The summed E-state index contributed by atoms with van der Waals surface area (Å²) in [4.78, 5) is 18.8. The number of carbonyl (C=O) groups excluding carboxylic acids is 1. The molecule has 23 heavy (non-hydrogen) atoms. The van der Waals surface area contributed by atoms with E-state index >= 15 is 0 Å². The summed E-state index contributed by atoms with van der Waals surface area (Å²) in [5.74, 6) is 0.732. The predicted octanol–water partition coefficient (Wildman–Crippen LogP) is 4.85. The van der Waals surface area contributed by atoms with E-state index < -0.39 is 0 Å². The molecule has 0 saturated heterocycles. The van der Waals surface area contributed by atoms with Gasteiger partial charge >= 0.3 is 0 Å². The van der Waals surface area contributed by atoms with Crippen molar-refractivity contribution in [2.45, 2.75) is 26.7 Å². The number of nitrogens with one attached hydrogen (secondary N) is 1. The molecule has 0 aliphatic rings. The first kappa shape index (κ1) is 17.5. The molecule has 0 radical (unpaired) electrons. The normalized spacial score (nSPS) is 10.4. The van der Waals surface area contributed by atoms with Crippen molar-refractivity contribution < 1.29 is 4.79 Å². The number of anilines is 2. The Bertz CT molecular complexity index is 654. The van der Waals surface area contributed by atoms with Crippen LogP contribution in [0, 0.1) is 0 Å². The molecule has 122 valence electrons. The SMILES string of the molecule is CCCN(CCC)C(=O)c1ccnc(Nc2cccc(Br)c2)c1. The summed E-state index contributed by atoms with van der Waals surface area (Å²) in [6.07, 6.45) is 3.59. The summed E-state index contributed by atoms with van der Waals surface area (Å²) in [5.41, 5.74) is 1.59. The molecular weight excluding hydrogens is 354 g/mol. The molecule has 0 aliphatic heterocycles. The van der Waals surface area contributed by atoms with Crippen LogP contribution in [0.2, 0.25) is 0 Å². The fourth-order valence-corrected chi connectivity index (χ4v) is 2.78. The number of carbonyl (C=O) groups is 1. The molecular formula is C18H22BrN3O. The molecule has 0 spiro atoms. The number of halogens is 1. The lowest BCUT2D eigenvalue weighted by Crippen LogP contribution is -2.32. The smallest absolute Gasteiger partial charge is 0.254 e. The van der Waals surface area contributed by atoms with E-state index in [1.54, 1.807) is 12.3 Å². The highest BCUT2D eigenvalue weighted by Gasteiger charge is 2.14. The van der Waals surface area contributed by atoms with Gasteiger partial charge in [-0.2, -0.15) is 0 Å². The van der Waals surface area contributed by atoms with Gasteiger partial charge in [-0.1, -0.05) is 35.8 Å². The van der Waals surface area contributed by atoms with E-state index in [9.17, 15) is 4.79 Å². The van der Waals surface area contributed by atoms with Gasteiger partial charge in [0.1, 0.15) is 5.82 Å². The van der Waals surface area contributed by atoms with Crippen LogP contribution >= 0.6 is 15.9 Å². The summed E-state index contributed by atoms with van der Waals surface area (Å²) >= 11 is 3.45. The number of nitrogens with zero attached hydrogens (tertiary/aromatic N) is 2. The molecule has 1 heterocycles. The summed E-state index contributed by atoms with van der Waals surface area (Å²) in [6.45, 7) is 5.73. The molecule has 0 atom stereocenters. The first-order chi connectivity index (χ1) is 11.1. The molecule has 1 aromatic heterocycles. The maximum Gasteiger partial charge on any atom is 0.254 e. The Balaban J connectivity index is 2.16. The molecule has 2 aromatic rings. The largest absolute Gasteiger partial charge is 0.340 e. The summed E-state index contributed by atoms with van der Waals surface area (Å²) in [5, 5.41) is 3.23. The molecule has 2 rings (SSSR count). The van der Waals surface area contributed by atoms with Crippen LogP contribution in [0.4, 0.5) is 11.5 Å². The lowest BCUT2D eigenvalue weighted by molar-refractivity contribution is 0.0755. The Morgan fingerprint density at radius 2 is 1.91 bits per heavy atom. The van der Waals surface area contributed by atoms with Crippen LogP contribution in [-0.2, 0) is 0 Å². The fourth-order valence-electron chi connectivity index (χ4n) is 2.38. The van der Waals surface area contributed by atoms with E-state index in [2.05, 4.69) is 40.1 Å². The monoisotopic (exact) mass is 375 g/mol. The van der Waals surface area contributed by atoms with E-state index in [1.807, 2.05) is 35.2 Å². The highest BCUT2D eigenvalue weighted by Crippen LogP contribution is 2.20. The third-order valence-electron chi connectivity index (χ3n) is 3.38. The number of aromatic nitrogens is 1. The van der Waals surface area contributed by atoms with Crippen LogP contribution in [0.15, 0.2) is 47.1 Å². The second-order valence-electron chi connectivity index (χ2n) is 5.36. The van der Waals surface area contributed by atoms with Gasteiger partial charge in [-0.05, 0) is 43.2 Å². The van der Waals surface area contributed by atoms with Gasteiger partial charge in [0.15, 0.2) is 0 Å². The Morgan fingerprint density at radius 1 is 1.17 bits per heavy atom. The molecule has 0 aliphatic carbocycles. The molecule has 0 unspecified atom stereocenters. The number of hydrogen-bond donors (Lipinski definition) is 1. The van der Waals surface area contributed by atoms with E-state index in [1.165, 1.54) is 0 Å². The van der Waals surface area contributed by atoms with Gasteiger partial charge in [-0.15, -0.1) is 0 Å². The van der Waals surface area contributed by atoms with Crippen LogP contribution in [0.5, 0.6) is 0 Å². The lowest BCUT2D eigenvalue weighted by atomic mass is 10.2. The second kappa shape index (κ2) is 8.67. The molecule has 1 aromatic carbocycles. The lowest BCUT2D eigenvalue weighted by Gasteiger charge is -2.21. The summed E-state index contributed by atoms with van der Waals surface area (Å²) < 4.78 is 0.992. The van der Waals surface area contributed by atoms with E-state index in [4.69, 9.17) is 0 Å². The first-order valence-electron chi connectivity index (χ1n) is 7.92. The van der Waals surface area contributed by atoms with Crippen molar-refractivity contribution in [3.63, 3.8) is 0 Å². The summed E-state index contributed by atoms with van der Waals surface area (Å²) in [6, 6.07) is 11.4. The van der Waals surface area contributed by atoms with Crippen molar-refractivity contribution in [2.75, 3.05) is 18.4 Å². The Labute approximate surface area is 146 Å². The van der Waals surface area contributed by atoms with Gasteiger partial charge in [0.2, 0.25) is 0 Å². The zero-order valence-electron chi connectivity index (χ0n) is 13.6. The predicted molar refractivity (Wildman–Crippen MR) is 98.1 cm³/mol. The van der Waals surface area contributed by atoms with Gasteiger partial charge in [-0.3, -0.25) is 4.79 Å². The number of pyridine rings is 1. The van der Waals surface area contributed by atoms with Gasteiger partial charge < -0.3 is 10.2 Å². The van der Waals surface area contributed by atoms with Crippen molar-refractivity contribution in [3.8, 4) is 0 Å². The van der Waals surface area contributed by atoms with Crippen LogP contribution < -0.4 is 5.32 Å². The maximum atomic E-state index is 12.6. The Morgan fingerprint density at radius 3 is 2.57 bits per heavy atom. The van der Waals surface area contributed by atoms with E-state index in [0.717, 1.165) is 36.1 Å².